The van der Waals surface area contributed by atoms with Crippen molar-refractivity contribution in [1.29, 1.82) is 0 Å². The van der Waals surface area contributed by atoms with Gasteiger partial charge in [0.25, 0.3) is 15.9 Å². The van der Waals surface area contributed by atoms with Crippen LogP contribution >= 0.6 is 11.3 Å². The number of hydrogen-bond acceptors (Lipinski definition) is 6. The fourth-order valence-electron chi connectivity index (χ4n) is 3.85. The number of nitrogens with one attached hydrogen (secondary N) is 1. The van der Waals surface area contributed by atoms with Gasteiger partial charge in [-0.1, -0.05) is 18.9 Å². The van der Waals surface area contributed by atoms with E-state index >= 15 is 0 Å². The Morgan fingerprint density at radius 3 is 2.09 bits per heavy atom. The van der Waals surface area contributed by atoms with Gasteiger partial charge >= 0.3 is 0 Å². The van der Waals surface area contributed by atoms with Crippen LogP contribution in [0.4, 0.5) is 11.4 Å². The highest BCUT2D eigenvalue weighted by molar-refractivity contribution is 7.94. The van der Waals surface area contributed by atoms with Crippen LogP contribution < -0.4 is 9.62 Å². The van der Waals surface area contributed by atoms with E-state index in [0.717, 1.165) is 37.0 Å². The molecule has 0 radical (unpaired) electrons. The van der Waals surface area contributed by atoms with Gasteiger partial charge in [-0.15, -0.1) is 11.3 Å². The fourth-order valence-corrected chi connectivity index (χ4v) is 7.72. The number of carbonyl (C=O) groups is 1. The van der Waals surface area contributed by atoms with Crippen molar-refractivity contribution in [2.45, 2.75) is 34.8 Å². The summed E-state index contributed by atoms with van der Waals surface area (Å²) in [4.78, 5) is 12.9. The first-order valence-corrected chi connectivity index (χ1v) is 15.0. The lowest BCUT2D eigenvalue weighted by atomic mass is 10.2. The lowest BCUT2D eigenvalue weighted by Crippen LogP contribution is -2.31. The van der Waals surface area contributed by atoms with Gasteiger partial charge in [-0.25, -0.2) is 16.8 Å². The summed E-state index contributed by atoms with van der Waals surface area (Å²) in [6, 6.07) is 15.6. The quantitative estimate of drug-likeness (QED) is 0.485. The highest BCUT2D eigenvalue weighted by Gasteiger charge is 2.25. The summed E-state index contributed by atoms with van der Waals surface area (Å²) in [5.74, 6) is -0.386. The molecule has 2 heterocycles. The summed E-state index contributed by atoms with van der Waals surface area (Å²) in [6.45, 7) is 1.06. The first-order chi connectivity index (χ1) is 16.7. The zero-order valence-electron chi connectivity index (χ0n) is 19.3. The van der Waals surface area contributed by atoms with E-state index in [0.29, 0.717) is 30.0 Å². The summed E-state index contributed by atoms with van der Waals surface area (Å²) >= 11 is 1.14. The van der Waals surface area contributed by atoms with E-state index in [1.165, 1.54) is 27.8 Å². The van der Waals surface area contributed by atoms with Crippen LogP contribution in [0, 0.1) is 0 Å². The summed E-state index contributed by atoms with van der Waals surface area (Å²) in [5, 5.41) is 4.45. The molecule has 1 aromatic heterocycles. The zero-order chi connectivity index (χ0) is 25.1. The molecule has 1 aliphatic heterocycles. The Morgan fingerprint density at radius 1 is 0.886 bits per heavy atom. The van der Waals surface area contributed by atoms with Gasteiger partial charge in [0.05, 0.1) is 10.6 Å². The lowest BCUT2D eigenvalue weighted by Gasteiger charge is -2.20. The lowest BCUT2D eigenvalue weighted by molar-refractivity contribution is 0.102. The molecule has 0 aliphatic carbocycles. The van der Waals surface area contributed by atoms with Crippen LogP contribution in [0.15, 0.2) is 75.1 Å². The topological polar surface area (TPSA) is 104 Å². The highest BCUT2D eigenvalue weighted by Crippen LogP contribution is 2.26. The molecule has 3 aromatic rings. The number of hydrogen-bond donors (Lipinski definition) is 1. The number of anilines is 2. The Bertz CT molecular complexity index is 1360. The minimum absolute atomic E-state index is 0.205. The largest absolute Gasteiger partial charge is 0.322 e. The van der Waals surface area contributed by atoms with Crippen LogP contribution in [0.2, 0.25) is 0 Å². The summed E-state index contributed by atoms with van der Waals surface area (Å²) in [6.07, 6.45) is 3.81. The Labute approximate surface area is 210 Å². The van der Waals surface area contributed by atoms with E-state index in [1.807, 2.05) is 0 Å². The van der Waals surface area contributed by atoms with Crippen LogP contribution in [-0.2, 0) is 20.0 Å². The highest BCUT2D eigenvalue weighted by atomic mass is 32.2. The Hall–Kier alpha value is -2.73. The third-order valence-electron chi connectivity index (χ3n) is 5.92. The average molecular weight is 534 g/mol. The number of carbonyl (C=O) groups excluding carboxylic acids is 1. The third kappa shape index (κ3) is 5.58. The third-order valence-corrected chi connectivity index (χ3v) is 11.0. The standard InChI is InChI=1S/C24H27N3O5S3/c1-26(35(31,32)23-7-6-18-33-23)21-12-8-19(9-13-21)24(28)25-20-10-14-22(15-11-20)34(29,30)27-16-4-2-3-5-17-27/h6-15,18H,2-5,16-17H2,1H3,(H,25,28). The van der Waals surface area contributed by atoms with Crippen molar-refractivity contribution in [2.75, 3.05) is 29.8 Å². The van der Waals surface area contributed by atoms with Crippen molar-refractivity contribution in [3.63, 3.8) is 0 Å². The van der Waals surface area contributed by atoms with Gasteiger partial charge in [0.15, 0.2) is 0 Å². The molecule has 11 heteroatoms. The Morgan fingerprint density at radius 2 is 1.51 bits per heavy atom. The molecule has 1 amide bonds. The number of nitrogens with zero attached hydrogens (tertiary/aromatic N) is 2. The number of rotatable bonds is 7. The molecule has 0 saturated carbocycles. The maximum Gasteiger partial charge on any atom is 0.273 e. The second-order valence-corrected chi connectivity index (χ2v) is 13.3. The molecule has 35 heavy (non-hydrogen) atoms. The van der Waals surface area contributed by atoms with Crippen molar-refractivity contribution in [3.8, 4) is 0 Å². The summed E-state index contributed by atoms with van der Waals surface area (Å²) in [7, 11) is -5.75. The Kier molecular flexibility index (Phi) is 7.60. The molecule has 8 nitrogen and oxygen atoms in total. The molecule has 4 rings (SSSR count). The van der Waals surface area contributed by atoms with E-state index in [-0.39, 0.29) is 15.0 Å². The second kappa shape index (κ2) is 10.5. The van der Waals surface area contributed by atoms with Gasteiger partial charge in [-0.3, -0.25) is 9.10 Å². The van der Waals surface area contributed by atoms with Crippen LogP contribution in [0.1, 0.15) is 36.0 Å². The maximum atomic E-state index is 12.9. The molecule has 1 aliphatic rings. The predicted octanol–water partition coefficient (Wildman–Crippen LogP) is 4.39. The number of sulfonamides is 2. The molecule has 1 N–H and O–H groups in total. The summed E-state index contributed by atoms with van der Waals surface area (Å²) < 4.78 is 54.1. The average Bonchev–Trinajstić information content (AvgIpc) is 3.27. The van der Waals surface area contributed by atoms with Crippen LogP contribution in [0.3, 0.4) is 0 Å². The first kappa shape index (κ1) is 25.4. The molecular formula is C24H27N3O5S3. The van der Waals surface area contributed by atoms with Gasteiger partial charge in [0, 0.05) is 31.4 Å². The molecule has 1 fully saturated rings. The molecule has 186 valence electrons. The van der Waals surface area contributed by atoms with Crippen LogP contribution in [0.25, 0.3) is 0 Å². The molecule has 0 spiro atoms. The van der Waals surface area contributed by atoms with E-state index < -0.39 is 20.0 Å². The fraction of sp³-hybridized carbons (Fsp3) is 0.292. The molecule has 1 saturated heterocycles. The van der Waals surface area contributed by atoms with E-state index in [2.05, 4.69) is 5.32 Å². The van der Waals surface area contributed by atoms with Crippen molar-refractivity contribution in [3.05, 3.63) is 71.6 Å². The van der Waals surface area contributed by atoms with Crippen molar-refractivity contribution < 1.29 is 21.6 Å². The van der Waals surface area contributed by atoms with Crippen molar-refractivity contribution in [1.82, 2.24) is 4.31 Å². The molecule has 2 aromatic carbocycles. The SMILES string of the molecule is CN(c1ccc(C(=O)Nc2ccc(S(=O)(=O)N3CCCCCC3)cc2)cc1)S(=O)(=O)c1cccs1. The molecule has 0 atom stereocenters. The van der Waals surface area contributed by atoms with Gasteiger partial charge < -0.3 is 5.32 Å². The van der Waals surface area contributed by atoms with Crippen molar-refractivity contribution in [2.24, 2.45) is 0 Å². The van der Waals surface area contributed by atoms with Crippen molar-refractivity contribution >= 4 is 48.7 Å². The monoisotopic (exact) mass is 533 g/mol. The smallest absolute Gasteiger partial charge is 0.273 e. The minimum Gasteiger partial charge on any atom is -0.322 e. The number of thiophene rings is 1. The van der Waals surface area contributed by atoms with E-state index in [9.17, 15) is 21.6 Å². The van der Waals surface area contributed by atoms with E-state index in [4.69, 9.17) is 0 Å². The van der Waals surface area contributed by atoms with Crippen LogP contribution in [-0.4, -0.2) is 47.2 Å². The zero-order valence-corrected chi connectivity index (χ0v) is 21.7. The second-order valence-electron chi connectivity index (χ2n) is 8.25. The number of amides is 1. The van der Waals surface area contributed by atoms with E-state index in [1.54, 1.807) is 53.9 Å². The number of benzene rings is 2. The first-order valence-electron chi connectivity index (χ1n) is 11.2. The molecule has 0 bridgehead atoms. The van der Waals surface area contributed by atoms with Gasteiger partial charge in [-0.2, -0.15) is 4.31 Å². The van der Waals surface area contributed by atoms with Gasteiger partial charge in [0.2, 0.25) is 10.0 Å². The minimum atomic E-state index is -3.66. The normalized spacial score (nSPS) is 15.3. The Balaban J connectivity index is 1.42. The molecular weight excluding hydrogens is 506 g/mol. The predicted molar refractivity (Wildman–Crippen MR) is 138 cm³/mol. The maximum absolute atomic E-state index is 12.9. The summed E-state index contributed by atoms with van der Waals surface area (Å²) in [5.41, 5.74) is 1.24. The van der Waals surface area contributed by atoms with Gasteiger partial charge in [-0.05, 0) is 72.8 Å². The molecule has 0 unspecified atom stereocenters. The van der Waals surface area contributed by atoms with Crippen LogP contribution in [0.5, 0.6) is 0 Å². The van der Waals surface area contributed by atoms with Gasteiger partial charge in [0.1, 0.15) is 4.21 Å².